The molecule has 9 heteroatoms. The van der Waals surface area contributed by atoms with Gasteiger partial charge in [-0.05, 0) is 6.07 Å². The van der Waals surface area contributed by atoms with Gasteiger partial charge in [0, 0.05) is 0 Å². The standard InChI is InChI=1S/C9H5F6NO2/c10-7(11)3-1-4(9(13,14)15)5(2-6(17)18)16-8(3)12/h1,7H,2H2,(H,17,18). The second-order valence-corrected chi connectivity index (χ2v) is 3.23. The first-order valence-electron chi connectivity index (χ1n) is 4.39. The number of hydrogen-bond donors (Lipinski definition) is 1. The topological polar surface area (TPSA) is 50.2 Å². The summed E-state index contributed by atoms with van der Waals surface area (Å²) >= 11 is 0. The second kappa shape index (κ2) is 4.83. The normalized spacial score (nSPS) is 11.9. The Morgan fingerprint density at radius 1 is 1.39 bits per heavy atom. The molecular weight excluding hydrogens is 268 g/mol. The fraction of sp³-hybridized carbons (Fsp3) is 0.333. The van der Waals surface area contributed by atoms with E-state index in [0.717, 1.165) is 0 Å². The van der Waals surface area contributed by atoms with Gasteiger partial charge in [0.25, 0.3) is 6.43 Å². The lowest BCUT2D eigenvalue weighted by Crippen LogP contribution is -2.16. The van der Waals surface area contributed by atoms with E-state index in [9.17, 15) is 31.1 Å². The Bertz CT molecular complexity index is 471. The number of pyridine rings is 1. The maximum absolute atomic E-state index is 13.0. The van der Waals surface area contributed by atoms with Crippen LogP contribution in [-0.2, 0) is 17.4 Å². The Morgan fingerprint density at radius 2 is 1.94 bits per heavy atom. The third-order valence-electron chi connectivity index (χ3n) is 1.94. The molecule has 3 nitrogen and oxygen atoms in total. The van der Waals surface area contributed by atoms with E-state index < -0.39 is 47.8 Å². The molecule has 0 radical (unpaired) electrons. The predicted molar refractivity (Wildman–Crippen MR) is 45.5 cm³/mol. The summed E-state index contributed by atoms with van der Waals surface area (Å²) in [7, 11) is 0. The highest BCUT2D eigenvalue weighted by atomic mass is 19.4. The van der Waals surface area contributed by atoms with Crippen LogP contribution in [0.2, 0.25) is 0 Å². The average molecular weight is 273 g/mol. The molecule has 1 N–H and O–H groups in total. The lowest BCUT2D eigenvalue weighted by Gasteiger charge is -2.13. The van der Waals surface area contributed by atoms with Crippen molar-refractivity contribution in [1.82, 2.24) is 4.98 Å². The van der Waals surface area contributed by atoms with Gasteiger partial charge in [0.05, 0.1) is 23.2 Å². The van der Waals surface area contributed by atoms with Gasteiger partial charge < -0.3 is 5.11 Å². The summed E-state index contributed by atoms with van der Waals surface area (Å²) in [6.07, 6.45) is -9.78. The molecule has 0 aromatic carbocycles. The molecule has 18 heavy (non-hydrogen) atoms. The zero-order chi connectivity index (χ0) is 14.1. The van der Waals surface area contributed by atoms with Gasteiger partial charge in [-0.2, -0.15) is 17.6 Å². The summed E-state index contributed by atoms with van der Waals surface area (Å²) in [5, 5.41) is 8.35. The van der Waals surface area contributed by atoms with E-state index >= 15 is 0 Å². The lowest BCUT2D eigenvalue weighted by atomic mass is 10.1. The fourth-order valence-corrected chi connectivity index (χ4v) is 1.22. The number of rotatable bonds is 3. The summed E-state index contributed by atoms with van der Waals surface area (Å²) in [6, 6.07) is -0.120. The molecule has 1 rings (SSSR count). The summed E-state index contributed by atoms with van der Waals surface area (Å²) < 4.78 is 74.8. The van der Waals surface area contributed by atoms with E-state index in [2.05, 4.69) is 4.98 Å². The number of nitrogens with zero attached hydrogens (tertiary/aromatic N) is 1. The van der Waals surface area contributed by atoms with Crippen LogP contribution in [0.3, 0.4) is 0 Å². The number of hydrogen-bond acceptors (Lipinski definition) is 2. The molecule has 1 aromatic rings. The van der Waals surface area contributed by atoms with Crippen LogP contribution < -0.4 is 0 Å². The molecule has 0 saturated heterocycles. The van der Waals surface area contributed by atoms with Gasteiger partial charge in [-0.25, -0.2) is 13.8 Å². The number of aromatic nitrogens is 1. The average Bonchev–Trinajstić information content (AvgIpc) is 2.13. The van der Waals surface area contributed by atoms with Gasteiger partial charge in [-0.15, -0.1) is 0 Å². The lowest BCUT2D eigenvalue weighted by molar-refractivity contribution is -0.140. The third kappa shape index (κ3) is 3.11. The minimum Gasteiger partial charge on any atom is -0.481 e. The van der Waals surface area contributed by atoms with Gasteiger partial charge >= 0.3 is 12.1 Å². The highest BCUT2D eigenvalue weighted by molar-refractivity contribution is 5.70. The SMILES string of the molecule is O=C(O)Cc1nc(F)c(C(F)F)cc1C(F)(F)F. The number of carboxylic acid groups (broad SMARTS) is 1. The maximum atomic E-state index is 13.0. The van der Waals surface area contributed by atoms with Crippen LogP contribution in [0.5, 0.6) is 0 Å². The molecule has 0 fully saturated rings. The largest absolute Gasteiger partial charge is 0.481 e. The van der Waals surface area contributed by atoms with E-state index in [4.69, 9.17) is 5.11 Å². The van der Waals surface area contributed by atoms with Crippen LogP contribution in [0.25, 0.3) is 0 Å². The van der Waals surface area contributed by atoms with Gasteiger partial charge in [0.2, 0.25) is 5.95 Å². The summed E-state index contributed by atoms with van der Waals surface area (Å²) in [5.41, 5.74) is -4.34. The molecule has 0 unspecified atom stereocenters. The van der Waals surface area contributed by atoms with Gasteiger partial charge in [-0.3, -0.25) is 4.79 Å². The number of alkyl halides is 5. The summed E-state index contributed by atoms with van der Waals surface area (Å²) in [4.78, 5) is 13.0. The smallest absolute Gasteiger partial charge is 0.418 e. The highest BCUT2D eigenvalue weighted by Crippen LogP contribution is 2.34. The Labute approximate surface area is 96.1 Å². The highest BCUT2D eigenvalue weighted by Gasteiger charge is 2.36. The van der Waals surface area contributed by atoms with Crippen molar-refractivity contribution in [2.24, 2.45) is 0 Å². The minimum absolute atomic E-state index is 0.120. The molecule has 0 aliphatic heterocycles. The van der Waals surface area contributed by atoms with Crippen molar-refractivity contribution in [3.05, 3.63) is 28.8 Å². The first-order chi connectivity index (χ1) is 8.12. The van der Waals surface area contributed by atoms with E-state index in [0.29, 0.717) is 0 Å². The molecular formula is C9H5F6NO2. The van der Waals surface area contributed by atoms with Crippen molar-refractivity contribution in [2.45, 2.75) is 19.0 Å². The van der Waals surface area contributed by atoms with E-state index in [1.807, 2.05) is 0 Å². The van der Waals surface area contributed by atoms with Crippen molar-refractivity contribution in [3.63, 3.8) is 0 Å². The van der Waals surface area contributed by atoms with Crippen LogP contribution in [0.1, 0.15) is 23.2 Å². The second-order valence-electron chi connectivity index (χ2n) is 3.23. The van der Waals surface area contributed by atoms with Gasteiger partial charge in [-0.1, -0.05) is 0 Å². The number of aliphatic carboxylic acids is 1. The monoisotopic (exact) mass is 273 g/mol. The summed E-state index contributed by atoms with van der Waals surface area (Å²) in [5.74, 6) is -3.49. The fourth-order valence-electron chi connectivity index (χ4n) is 1.22. The Balaban J connectivity index is 3.42. The number of carboxylic acids is 1. The molecule has 1 aromatic heterocycles. The van der Waals surface area contributed by atoms with Crippen molar-refractivity contribution in [1.29, 1.82) is 0 Å². The maximum Gasteiger partial charge on any atom is 0.418 e. The predicted octanol–water partition coefficient (Wildman–Crippen LogP) is 2.80. The van der Waals surface area contributed by atoms with E-state index in [1.54, 1.807) is 0 Å². The van der Waals surface area contributed by atoms with Crippen LogP contribution in [0.4, 0.5) is 26.3 Å². The van der Waals surface area contributed by atoms with Crippen LogP contribution in [0, 0.1) is 5.95 Å². The molecule has 100 valence electrons. The van der Waals surface area contributed by atoms with Crippen LogP contribution >= 0.6 is 0 Å². The molecule has 0 aliphatic carbocycles. The third-order valence-corrected chi connectivity index (χ3v) is 1.94. The van der Waals surface area contributed by atoms with Crippen molar-refractivity contribution in [2.75, 3.05) is 0 Å². The first-order valence-corrected chi connectivity index (χ1v) is 4.39. The van der Waals surface area contributed by atoms with E-state index in [-0.39, 0.29) is 6.07 Å². The Hall–Kier alpha value is -1.80. The molecule has 0 amide bonds. The zero-order valence-electron chi connectivity index (χ0n) is 8.43. The van der Waals surface area contributed by atoms with Gasteiger partial charge in [0.1, 0.15) is 0 Å². The van der Waals surface area contributed by atoms with Crippen LogP contribution in [0.15, 0.2) is 6.07 Å². The molecule has 0 aliphatic rings. The molecule has 0 spiro atoms. The Morgan fingerprint density at radius 3 is 2.33 bits per heavy atom. The van der Waals surface area contributed by atoms with E-state index in [1.165, 1.54) is 0 Å². The van der Waals surface area contributed by atoms with Crippen LogP contribution in [-0.4, -0.2) is 16.1 Å². The van der Waals surface area contributed by atoms with Crippen molar-refractivity contribution in [3.8, 4) is 0 Å². The van der Waals surface area contributed by atoms with Crippen molar-refractivity contribution >= 4 is 5.97 Å². The number of halogens is 6. The molecule has 1 heterocycles. The molecule has 0 bridgehead atoms. The quantitative estimate of drug-likeness (QED) is 0.680. The van der Waals surface area contributed by atoms with Gasteiger partial charge in [0.15, 0.2) is 0 Å². The zero-order valence-corrected chi connectivity index (χ0v) is 8.43. The Kier molecular flexibility index (Phi) is 3.82. The molecule has 0 saturated carbocycles. The number of carbonyl (C=O) groups is 1. The minimum atomic E-state index is -5.09. The molecule has 0 atom stereocenters. The first kappa shape index (κ1) is 14.3. The van der Waals surface area contributed by atoms with Crippen molar-refractivity contribution < 1.29 is 36.2 Å². The summed E-state index contributed by atoms with van der Waals surface area (Å²) in [6.45, 7) is 0.